The number of halogens is 2. The number of anilines is 1. The minimum Gasteiger partial charge on any atom is -0.375 e. The molecule has 0 aromatic heterocycles. The molecule has 100 valence electrons. The fourth-order valence-corrected chi connectivity index (χ4v) is 2.19. The topological polar surface area (TPSA) is 41.1 Å². The molecule has 0 atom stereocenters. The number of hydrogen-bond donors (Lipinski definition) is 2. The lowest BCUT2D eigenvalue weighted by Gasteiger charge is -2.10. The predicted molar refractivity (Wildman–Crippen MR) is 80.1 cm³/mol. The highest BCUT2D eigenvalue weighted by Crippen LogP contribution is 2.25. The van der Waals surface area contributed by atoms with Crippen molar-refractivity contribution in [2.75, 3.05) is 18.4 Å². The van der Waals surface area contributed by atoms with Crippen LogP contribution >= 0.6 is 27.5 Å². The minimum absolute atomic E-state index is 0.00231. The van der Waals surface area contributed by atoms with Crippen molar-refractivity contribution in [2.45, 2.75) is 20.3 Å². The fraction of sp³-hybridized carbons (Fsp3) is 0.462. The van der Waals surface area contributed by atoms with Crippen LogP contribution in [0.1, 0.15) is 20.3 Å². The SMILES string of the molecule is CC(C)CCNC(=O)CNc1ccc(Cl)cc1Br. The van der Waals surface area contributed by atoms with Crippen LogP contribution in [0, 0.1) is 5.92 Å². The molecule has 0 radical (unpaired) electrons. The normalized spacial score (nSPS) is 10.5. The number of benzene rings is 1. The maximum absolute atomic E-state index is 11.6. The molecular formula is C13H18BrClN2O. The molecule has 0 unspecified atom stereocenters. The van der Waals surface area contributed by atoms with E-state index in [2.05, 4.69) is 40.4 Å². The van der Waals surface area contributed by atoms with E-state index in [1.807, 2.05) is 6.07 Å². The van der Waals surface area contributed by atoms with Gasteiger partial charge in [-0.05, 0) is 46.5 Å². The summed E-state index contributed by atoms with van der Waals surface area (Å²) in [5.41, 5.74) is 0.860. The van der Waals surface area contributed by atoms with Gasteiger partial charge in [0.15, 0.2) is 0 Å². The summed E-state index contributed by atoms with van der Waals surface area (Å²) in [6, 6.07) is 5.42. The van der Waals surface area contributed by atoms with E-state index < -0.39 is 0 Å². The van der Waals surface area contributed by atoms with Gasteiger partial charge in [-0.3, -0.25) is 4.79 Å². The molecule has 1 rings (SSSR count). The van der Waals surface area contributed by atoms with Crippen LogP contribution in [0.4, 0.5) is 5.69 Å². The van der Waals surface area contributed by atoms with Crippen molar-refractivity contribution >= 4 is 39.1 Å². The van der Waals surface area contributed by atoms with E-state index in [1.165, 1.54) is 0 Å². The molecular weight excluding hydrogens is 316 g/mol. The van der Waals surface area contributed by atoms with Crippen LogP contribution in [0.15, 0.2) is 22.7 Å². The standard InChI is InChI=1S/C13H18BrClN2O/c1-9(2)5-6-16-13(18)8-17-12-4-3-10(15)7-11(12)14/h3-4,7,9,17H,5-6,8H2,1-2H3,(H,16,18). The van der Waals surface area contributed by atoms with Crippen molar-refractivity contribution in [1.82, 2.24) is 5.32 Å². The Balaban J connectivity index is 2.33. The van der Waals surface area contributed by atoms with Gasteiger partial charge in [0.25, 0.3) is 0 Å². The van der Waals surface area contributed by atoms with Crippen molar-refractivity contribution in [3.05, 3.63) is 27.7 Å². The fourth-order valence-electron chi connectivity index (χ4n) is 1.37. The first-order valence-electron chi connectivity index (χ1n) is 5.94. The highest BCUT2D eigenvalue weighted by atomic mass is 79.9. The summed E-state index contributed by atoms with van der Waals surface area (Å²) < 4.78 is 0.852. The van der Waals surface area contributed by atoms with Crippen LogP contribution in [0.5, 0.6) is 0 Å². The Kier molecular flexibility index (Phi) is 6.50. The van der Waals surface area contributed by atoms with Crippen molar-refractivity contribution in [3.63, 3.8) is 0 Å². The van der Waals surface area contributed by atoms with E-state index in [9.17, 15) is 4.79 Å². The molecule has 18 heavy (non-hydrogen) atoms. The van der Waals surface area contributed by atoms with E-state index in [0.29, 0.717) is 10.9 Å². The number of rotatable bonds is 6. The lowest BCUT2D eigenvalue weighted by Crippen LogP contribution is -2.31. The molecule has 0 aliphatic carbocycles. The van der Waals surface area contributed by atoms with E-state index in [-0.39, 0.29) is 12.5 Å². The molecule has 3 nitrogen and oxygen atoms in total. The van der Waals surface area contributed by atoms with Crippen molar-refractivity contribution in [1.29, 1.82) is 0 Å². The summed E-state index contributed by atoms with van der Waals surface area (Å²) >= 11 is 9.23. The van der Waals surface area contributed by atoms with Crippen LogP contribution in [0.2, 0.25) is 5.02 Å². The number of carbonyl (C=O) groups excluding carboxylic acids is 1. The molecule has 0 spiro atoms. The van der Waals surface area contributed by atoms with E-state index in [0.717, 1.165) is 23.1 Å². The second-order valence-corrected chi connectivity index (χ2v) is 5.80. The zero-order valence-corrected chi connectivity index (χ0v) is 12.9. The van der Waals surface area contributed by atoms with E-state index in [1.54, 1.807) is 12.1 Å². The molecule has 5 heteroatoms. The molecule has 0 saturated heterocycles. The molecule has 1 amide bonds. The van der Waals surface area contributed by atoms with Gasteiger partial charge in [-0.2, -0.15) is 0 Å². The van der Waals surface area contributed by atoms with Gasteiger partial charge in [0.1, 0.15) is 0 Å². The van der Waals surface area contributed by atoms with Gasteiger partial charge < -0.3 is 10.6 Å². The summed E-state index contributed by atoms with van der Waals surface area (Å²) in [5.74, 6) is 0.598. The maximum atomic E-state index is 11.6. The van der Waals surface area contributed by atoms with Gasteiger partial charge in [-0.15, -0.1) is 0 Å². The summed E-state index contributed by atoms with van der Waals surface area (Å²) in [6.07, 6.45) is 0.996. The van der Waals surface area contributed by atoms with Crippen LogP contribution in [-0.4, -0.2) is 19.0 Å². The largest absolute Gasteiger partial charge is 0.375 e. The van der Waals surface area contributed by atoms with Crippen LogP contribution < -0.4 is 10.6 Å². The number of amides is 1. The quantitative estimate of drug-likeness (QED) is 0.834. The highest BCUT2D eigenvalue weighted by molar-refractivity contribution is 9.10. The Bertz CT molecular complexity index is 410. The van der Waals surface area contributed by atoms with E-state index >= 15 is 0 Å². The number of carbonyl (C=O) groups is 1. The summed E-state index contributed by atoms with van der Waals surface area (Å²) in [4.78, 5) is 11.6. The van der Waals surface area contributed by atoms with Crippen LogP contribution in [-0.2, 0) is 4.79 Å². The highest BCUT2D eigenvalue weighted by Gasteiger charge is 2.04. The van der Waals surface area contributed by atoms with Crippen LogP contribution in [0.25, 0.3) is 0 Å². The molecule has 0 fully saturated rings. The first-order chi connectivity index (χ1) is 8.49. The molecule has 0 aliphatic rings. The summed E-state index contributed by atoms with van der Waals surface area (Å²) in [6.45, 7) is 5.25. The second-order valence-electron chi connectivity index (χ2n) is 4.51. The van der Waals surface area contributed by atoms with Crippen molar-refractivity contribution in [2.24, 2.45) is 5.92 Å². The lowest BCUT2D eigenvalue weighted by molar-refractivity contribution is -0.119. The average Bonchev–Trinajstić information content (AvgIpc) is 2.27. The van der Waals surface area contributed by atoms with Crippen molar-refractivity contribution in [3.8, 4) is 0 Å². The third-order valence-corrected chi connectivity index (χ3v) is 3.31. The number of nitrogens with one attached hydrogen (secondary N) is 2. The van der Waals surface area contributed by atoms with Gasteiger partial charge in [0, 0.05) is 21.7 Å². The average molecular weight is 334 g/mol. The predicted octanol–water partition coefficient (Wildman–Crippen LogP) is 3.68. The Morgan fingerprint density at radius 2 is 2.17 bits per heavy atom. The third-order valence-electron chi connectivity index (χ3n) is 2.41. The number of hydrogen-bond acceptors (Lipinski definition) is 2. The Morgan fingerprint density at radius 3 is 2.78 bits per heavy atom. The summed E-state index contributed by atoms with van der Waals surface area (Å²) in [5, 5.41) is 6.59. The molecule has 0 aliphatic heterocycles. The van der Waals surface area contributed by atoms with Crippen molar-refractivity contribution < 1.29 is 4.79 Å². The molecule has 1 aromatic carbocycles. The minimum atomic E-state index is -0.00231. The molecule has 0 saturated carbocycles. The van der Waals surface area contributed by atoms with Gasteiger partial charge in [-0.1, -0.05) is 25.4 Å². The Labute approximate surface area is 121 Å². The van der Waals surface area contributed by atoms with Gasteiger partial charge in [-0.25, -0.2) is 0 Å². The Morgan fingerprint density at radius 1 is 1.44 bits per heavy atom. The third kappa shape index (κ3) is 5.74. The smallest absolute Gasteiger partial charge is 0.239 e. The first kappa shape index (κ1) is 15.3. The lowest BCUT2D eigenvalue weighted by atomic mass is 10.1. The van der Waals surface area contributed by atoms with Gasteiger partial charge in [0.05, 0.1) is 6.54 Å². The van der Waals surface area contributed by atoms with Gasteiger partial charge >= 0.3 is 0 Å². The molecule has 0 bridgehead atoms. The Hall–Kier alpha value is -0.740. The second kappa shape index (κ2) is 7.64. The first-order valence-corrected chi connectivity index (χ1v) is 7.11. The molecule has 1 aromatic rings. The maximum Gasteiger partial charge on any atom is 0.239 e. The zero-order chi connectivity index (χ0) is 13.5. The molecule has 0 heterocycles. The van der Waals surface area contributed by atoms with E-state index in [4.69, 9.17) is 11.6 Å². The summed E-state index contributed by atoms with van der Waals surface area (Å²) in [7, 11) is 0. The van der Waals surface area contributed by atoms with Gasteiger partial charge in [0.2, 0.25) is 5.91 Å². The van der Waals surface area contributed by atoms with Crippen LogP contribution in [0.3, 0.4) is 0 Å². The zero-order valence-electron chi connectivity index (χ0n) is 10.6. The molecule has 2 N–H and O–H groups in total. The monoisotopic (exact) mass is 332 g/mol.